The van der Waals surface area contributed by atoms with Crippen LogP contribution in [0.25, 0.3) is 5.69 Å². The summed E-state index contributed by atoms with van der Waals surface area (Å²) in [7, 11) is 0. The van der Waals surface area contributed by atoms with Crippen LogP contribution in [0, 0.1) is 0 Å². The Morgan fingerprint density at radius 2 is 2.14 bits per heavy atom. The number of nitrogens with zero attached hydrogens (tertiary/aromatic N) is 3. The van der Waals surface area contributed by atoms with Crippen LogP contribution in [0.15, 0.2) is 47.4 Å². The summed E-state index contributed by atoms with van der Waals surface area (Å²) in [6, 6.07) is 9.26. The van der Waals surface area contributed by atoms with Gasteiger partial charge in [0.1, 0.15) is 6.61 Å². The second kappa shape index (κ2) is 5.76. The van der Waals surface area contributed by atoms with Crippen molar-refractivity contribution in [3.8, 4) is 11.4 Å². The Morgan fingerprint density at radius 1 is 1.33 bits per heavy atom. The SMILES string of the molecule is O=C(O)c1nn(-c2ccccc2)cc1OCc1cscn1. The molecule has 0 bridgehead atoms. The van der Waals surface area contributed by atoms with E-state index in [0.29, 0.717) is 0 Å². The minimum atomic E-state index is -1.13. The summed E-state index contributed by atoms with van der Waals surface area (Å²) in [5.41, 5.74) is 3.10. The van der Waals surface area contributed by atoms with Gasteiger partial charge in [-0.1, -0.05) is 18.2 Å². The van der Waals surface area contributed by atoms with Gasteiger partial charge in [-0.15, -0.1) is 11.3 Å². The van der Waals surface area contributed by atoms with Gasteiger partial charge in [-0.3, -0.25) is 0 Å². The molecule has 2 heterocycles. The molecule has 1 N–H and O–H groups in total. The molecule has 21 heavy (non-hydrogen) atoms. The molecule has 6 nitrogen and oxygen atoms in total. The molecular formula is C14H11N3O3S. The molecule has 3 aromatic rings. The lowest BCUT2D eigenvalue weighted by atomic mass is 10.3. The van der Waals surface area contributed by atoms with Gasteiger partial charge in [-0.2, -0.15) is 5.10 Å². The van der Waals surface area contributed by atoms with E-state index in [1.54, 1.807) is 11.7 Å². The predicted octanol–water partition coefficient (Wildman–Crippen LogP) is 2.61. The zero-order valence-electron chi connectivity index (χ0n) is 10.8. The van der Waals surface area contributed by atoms with E-state index in [4.69, 9.17) is 4.74 Å². The van der Waals surface area contributed by atoms with Gasteiger partial charge in [0.25, 0.3) is 0 Å². The average molecular weight is 301 g/mol. The van der Waals surface area contributed by atoms with E-state index in [-0.39, 0.29) is 18.1 Å². The molecule has 3 rings (SSSR count). The Kier molecular flexibility index (Phi) is 3.65. The van der Waals surface area contributed by atoms with Gasteiger partial charge in [0.2, 0.25) is 5.69 Å². The summed E-state index contributed by atoms with van der Waals surface area (Å²) < 4.78 is 7.01. The molecule has 0 atom stereocenters. The van der Waals surface area contributed by atoms with Crippen LogP contribution in [0.4, 0.5) is 0 Å². The zero-order chi connectivity index (χ0) is 14.7. The van der Waals surface area contributed by atoms with Crippen molar-refractivity contribution in [3.63, 3.8) is 0 Å². The summed E-state index contributed by atoms with van der Waals surface area (Å²) >= 11 is 1.46. The lowest BCUT2D eigenvalue weighted by molar-refractivity contribution is 0.0685. The van der Waals surface area contributed by atoms with Gasteiger partial charge >= 0.3 is 5.97 Å². The molecule has 0 radical (unpaired) electrons. The normalized spacial score (nSPS) is 10.5. The van der Waals surface area contributed by atoms with Crippen LogP contribution in [0.5, 0.6) is 5.75 Å². The molecular weight excluding hydrogens is 290 g/mol. The molecule has 0 aliphatic heterocycles. The van der Waals surface area contributed by atoms with E-state index in [9.17, 15) is 9.90 Å². The van der Waals surface area contributed by atoms with Gasteiger partial charge in [0.15, 0.2) is 5.75 Å². The van der Waals surface area contributed by atoms with Crippen molar-refractivity contribution in [2.75, 3.05) is 0 Å². The number of carboxylic acids is 1. The first kappa shape index (κ1) is 13.3. The standard InChI is InChI=1S/C14H11N3O3S/c18-14(19)13-12(20-7-10-8-21-9-15-10)6-17(16-13)11-4-2-1-3-5-11/h1-6,8-9H,7H2,(H,18,19). The maximum atomic E-state index is 11.3. The fraction of sp³-hybridized carbons (Fsp3) is 0.0714. The van der Waals surface area contributed by atoms with Gasteiger partial charge in [-0.25, -0.2) is 14.5 Å². The van der Waals surface area contributed by atoms with Gasteiger partial charge in [0, 0.05) is 5.38 Å². The van der Waals surface area contributed by atoms with Gasteiger partial charge in [0.05, 0.1) is 23.1 Å². The first-order valence-corrected chi connectivity index (χ1v) is 7.06. The lowest BCUT2D eigenvalue weighted by Gasteiger charge is -2.01. The number of para-hydroxylation sites is 1. The molecule has 0 amide bonds. The summed E-state index contributed by atoms with van der Waals surface area (Å²) in [4.78, 5) is 15.3. The number of hydrogen-bond acceptors (Lipinski definition) is 5. The Hall–Kier alpha value is -2.67. The molecule has 106 valence electrons. The van der Waals surface area contributed by atoms with Gasteiger partial charge < -0.3 is 9.84 Å². The van der Waals surface area contributed by atoms with Crippen molar-refractivity contribution >= 4 is 17.3 Å². The number of thiazole rings is 1. The minimum absolute atomic E-state index is 0.117. The smallest absolute Gasteiger partial charge is 0.360 e. The highest BCUT2D eigenvalue weighted by atomic mass is 32.1. The quantitative estimate of drug-likeness (QED) is 0.784. The summed E-state index contributed by atoms with van der Waals surface area (Å²) in [5, 5.41) is 15.1. The second-order valence-electron chi connectivity index (χ2n) is 4.20. The van der Waals surface area contributed by atoms with Crippen LogP contribution in [0.1, 0.15) is 16.2 Å². The summed E-state index contributed by atoms with van der Waals surface area (Å²) in [6.45, 7) is 0.213. The average Bonchev–Trinajstić information content (AvgIpc) is 3.15. The molecule has 0 unspecified atom stereocenters. The van der Waals surface area contributed by atoms with Crippen LogP contribution in [0.3, 0.4) is 0 Å². The van der Waals surface area contributed by atoms with Crippen LogP contribution < -0.4 is 4.74 Å². The highest BCUT2D eigenvalue weighted by Gasteiger charge is 2.18. The van der Waals surface area contributed by atoms with Crippen LogP contribution in [-0.4, -0.2) is 25.8 Å². The van der Waals surface area contributed by atoms with E-state index in [0.717, 1.165) is 11.4 Å². The number of ether oxygens (including phenoxy) is 1. The van der Waals surface area contributed by atoms with Crippen LogP contribution >= 0.6 is 11.3 Å². The van der Waals surface area contributed by atoms with E-state index in [1.807, 2.05) is 35.7 Å². The van der Waals surface area contributed by atoms with E-state index in [2.05, 4.69) is 10.1 Å². The van der Waals surface area contributed by atoms with E-state index in [1.165, 1.54) is 16.0 Å². The first-order valence-electron chi connectivity index (χ1n) is 6.12. The van der Waals surface area contributed by atoms with Gasteiger partial charge in [-0.05, 0) is 12.1 Å². The molecule has 0 aliphatic carbocycles. The Balaban J connectivity index is 1.88. The Labute approximate surface area is 124 Å². The molecule has 7 heteroatoms. The molecule has 1 aromatic carbocycles. The number of rotatable bonds is 5. The van der Waals surface area contributed by atoms with Crippen molar-refractivity contribution in [2.24, 2.45) is 0 Å². The van der Waals surface area contributed by atoms with Crippen LogP contribution in [0.2, 0.25) is 0 Å². The number of carboxylic acid groups (broad SMARTS) is 1. The third-order valence-corrected chi connectivity index (χ3v) is 3.40. The lowest BCUT2D eigenvalue weighted by Crippen LogP contribution is -2.03. The second-order valence-corrected chi connectivity index (χ2v) is 4.91. The fourth-order valence-electron chi connectivity index (χ4n) is 1.79. The topological polar surface area (TPSA) is 77.2 Å². The van der Waals surface area contributed by atoms with Crippen molar-refractivity contribution in [1.82, 2.24) is 14.8 Å². The van der Waals surface area contributed by atoms with E-state index < -0.39 is 5.97 Å². The van der Waals surface area contributed by atoms with Crippen molar-refractivity contribution in [3.05, 3.63) is 58.8 Å². The molecule has 0 spiro atoms. The van der Waals surface area contributed by atoms with Crippen molar-refractivity contribution < 1.29 is 14.6 Å². The largest absolute Gasteiger partial charge is 0.483 e. The number of hydrogen-bond donors (Lipinski definition) is 1. The third-order valence-electron chi connectivity index (χ3n) is 2.76. The highest BCUT2D eigenvalue weighted by molar-refractivity contribution is 7.07. The number of aromatic carboxylic acids is 1. The predicted molar refractivity (Wildman–Crippen MR) is 77.0 cm³/mol. The first-order chi connectivity index (χ1) is 10.2. The molecule has 0 fully saturated rings. The maximum absolute atomic E-state index is 11.3. The Bertz CT molecular complexity index is 738. The molecule has 0 saturated heterocycles. The number of benzene rings is 1. The Morgan fingerprint density at radius 3 is 2.81 bits per heavy atom. The number of aromatic nitrogens is 3. The van der Waals surface area contributed by atoms with E-state index >= 15 is 0 Å². The highest BCUT2D eigenvalue weighted by Crippen LogP contribution is 2.21. The molecule has 0 saturated carbocycles. The summed E-state index contributed by atoms with van der Waals surface area (Å²) in [6.07, 6.45) is 1.56. The van der Waals surface area contributed by atoms with Crippen LogP contribution in [-0.2, 0) is 6.61 Å². The maximum Gasteiger partial charge on any atom is 0.360 e. The van der Waals surface area contributed by atoms with Crippen molar-refractivity contribution in [1.29, 1.82) is 0 Å². The minimum Gasteiger partial charge on any atom is -0.483 e. The molecule has 2 aromatic heterocycles. The summed E-state index contributed by atoms with van der Waals surface area (Å²) in [5.74, 6) is -0.905. The monoisotopic (exact) mass is 301 g/mol. The zero-order valence-corrected chi connectivity index (χ0v) is 11.7. The number of carbonyl (C=O) groups is 1. The van der Waals surface area contributed by atoms with Crippen molar-refractivity contribution in [2.45, 2.75) is 6.61 Å². The molecule has 0 aliphatic rings. The third kappa shape index (κ3) is 2.92. The fourth-order valence-corrected chi connectivity index (χ4v) is 2.33.